The highest BCUT2D eigenvalue weighted by atomic mass is 16.5. The molecule has 0 spiro atoms. The van der Waals surface area contributed by atoms with E-state index < -0.39 is 0 Å². The summed E-state index contributed by atoms with van der Waals surface area (Å²) in [6.07, 6.45) is 1.12. The van der Waals surface area contributed by atoms with Gasteiger partial charge in [0.1, 0.15) is 12.4 Å². The number of aryl methyl sites for hydroxylation is 1. The third-order valence-corrected chi connectivity index (χ3v) is 4.11. The average Bonchev–Trinajstić information content (AvgIpc) is 3.00. The molecule has 0 saturated heterocycles. The summed E-state index contributed by atoms with van der Waals surface area (Å²) in [4.78, 5) is 0. The van der Waals surface area contributed by atoms with Crippen LogP contribution in [0.15, 0.2) is 43.0 Å². The maximum atomic E-state index is 5.91. The van der Waals surface area contributed by atoms with Gasteiger partial charge in [-0.1, -0.05) is 31.7 Å². The van der Waals surface area contributed by atoms with Crippen molar-refractivity contribution in [2.75, 3.05) is 6.61 Å². The van der Waals surface area contributed by atoms with E-state index >= 15 is 0 Å². The molecule has 0 fully saturated rings. The van der Waals surface area contributed by atoms with Gasteiger partial charge in [-0.25, -0.2) is 0 Å². The van der Waals surface area contributed by atoms with Gasteiger partial charge in [-0.05, 0) is 30.2 Å². The highest BCUT2D eigenvalue weighted by Gasteiger charge is 2.22. The molecule has 2 aromatic carbocycles. The van der Waals surface area contributed by atoms with E-state index in [1.807, 2.05) is 0 Å². The van der Waals surface area contributed by atoms with Gasteiger partial charge in [0, 0.05) is 23.0 Å². The largest absolute Gasteiger partial charge is 0.488 e. The van der Waals surface area contributed by atoms with Gasteiger partial charge in [0.15, 0.2) is 0 Å². The van der Waals surface area contributed by atoms with Crippen LogP contribution in [0.2, 0.25) is 0 Å². The maximum Gasteiger partial charge on any atom is 0.137 e. The number of aromatic nitrogens is 1. The summed E-state index contributed by atoms with van der Waals surface area (Å²) in [5, 5.41) is 2.52. The van der Waals surface area contributed by atoms with Crippen LogP contribution in [0.4, 0.5) is 0 Å². The van der Waals surface area contributed by atoms with Crippen molar-refractivity contribution in [2.24, 2.45) is 0 Å². The summed E-state index contributed by atoms with van der Waals surface area (Å²) in [5.74, 6) is 1.01. The molecule has 4 rings (SSSR count). The maximum absolute atomic E-state index is 5.91. The molecule has 0 bridgehead atoms. The number of ether oxygens (including phenoxy) is 1. The lowest BCUT2D eigenvalue weighted by Gasteiger charge is -2.06. The summed E-state index contributed by atoms with van der Waals surface area (Å²) in [7, 11) is 0. The summed E-state index contributed by atoms with van der Waals surface area (Å²) >= 11 is 0. The quantitative estimate of drug-likeness (QED) is 0.658. The fraction of sp³-hybridized carbons (Fsp3) is 0.222. The predicted octanol–water partition coefficient (Wildman–Crippen LogP) is 4.61. The summed E-state index contributed by atoms with van der Waals surface area (Å²) in [5.41, 5.74) is 4.80. The number of benzene rings is 2. The van der Waals surface area contributed by atoms with Gasteiger partial charge in [0.2, 0.25) is 0 Å². The van der Waals surface area contributed by atoms with Crippen LogP contribution in [0, 0.1) is 0 Å². The minimum Gasteiger partial charge on any atom is -0.488 e. The molecule has 0 aliphatic carbocycles. The first-order valence-corrected chi connectivity index (χ1v) is 7.16. The van der Waals surface area contributed by atoms with Gasteiger partial charge in [-0.3, -0.25) is 0 Å². The van der Waals surface area contributed by atoms with Crippen molar-refractivity contribution in [1.82, 2.24) is 4.57 Å². The number of fused-ring (bicyclic) bond motifs is 5. The molecule has 1 aliphatic rings. The molecule has 1 aliphatic heterocycles. The second kappa shape index (κ2) is 4.14. The van der Waals surface area contributed by atoms with Crippen molar-refractivity contribution in [3.8, 4) is 5.75 Å². The van der Waals surface area contributed by atoms with Gasteiger partial charge in [0.05, 0.1) is 10.9 Å². The van der Waals surface area contributed by atoms with Crippen LogP contribution in [-0.4, -0.2) is 11.2 Å². The monoisotopic (exact) mass is 263 g/mol. The lowest BCUT2D eigenvalue weighted by molar-refractivity contribution is 0.393. The molecule has 2 nitrogen and oxygen atoms in total. The topological polar surface area (TPSA) is 14.2 Å². The van der Waals surface area contributed by atoms with E-state index in [4.69, 9.17) is 4.74 Å². The van der Waals surface area contributed by atoms with Crippen molar-refractivity contribution < 1.29 is 4.74 Å². The van der Waals surface area contributed by atoms with E-state index in [1.165, 1.54) is 21.8 Å². The first kappa shape index (κ1) is 11.6. The average molecular weight is 263 g/mol. The van der Waals surface area contributed by atoms with Crippen molar-refractivity contribution >= 4 is 27.4 Å². The van der Waals surface area contributed by atoms with Crippen LogP contribution in [0.3, 0.4) is 0 Å². The molecule has 0 N–H and O–H groups in total. The Labute approximate surface area is 118 Å². The zero-order valence-electron chi connectivity index (χ0n) is 11.6. The van der Waals surface area contributed by atoms with Crippen molar-refractivity contribution in [3.05, 3.63) is 48.5 Å². The molecular formula is C18H17NO. The third kappa shape index (κ3) is 1.39. The van der Waals surface area contributed by atoms with Crippen LogP contribution in [0.5, 0.6) is 5.75 Å². The van der Waals surface area contributed by atoms with Crippen LogP contribution < -0.4 is 4.74 Å². The first-order chi connectivity index (χ1) is 9.81. The fourth-order valence-corrected chi connectivity index (χ4v) is 3.24. The van der Waals surface area contributed by atoms with Gasteiger partial charge >= 0.3 is 0 Å². The zero-order chi connectivity index (χ0) is 13.7. The molecule has 3 aromatic rings. The van der Waals surface area contributed by atoms with E-state index in [1.54, 1.807) is 0 Å². The van der Waals surface area contributed by atoms with Gasteiger partial charge < -0.3 is 9.30 Å². The van der Waals surface area contributed by atoms with Gasteiger partial charge in [-0.2, -0.15) is 0 Å². The smallest absolute Gasteiger partial charge is 0.137 e. The summed E-state index contributed by atoms with van der Waals surface area (Å²) in [6.45, 7) is 7.95. The van der Waals surface area contributed by atoms with Crippen LogP contribution >= 0.6 is 0 Å². The standard InChI is InChI=1S/C18H17NO/c1-3-10-19-15-7-5-4-6-14(15)17-16(19)9-8-13-12(2)11-20-18(13)17/h4-9H,2-3,10-11H2,1H3. The summed E-state index contributed by atoms with van der Waals surface area (Å²) < 4.78 is 8.31. The SMILES string of the molecule is C=C1COc2c1ccc1c2c2ccccc2n1CCC. The Morgan fingerprint density at radius 3 is 2.85 bits per heavy atom. The second-order valence-corrected chi connectivity index (χ2v) is 5.40. The molecule has 2 heterocycles. The fourth-order valence-electron chi connectivity index (χ4n) is 3.24. The number of rotatable bonds is 2. The van der Waals surface area contributed by atoms with E-state index in [0.29, 0.717) is 6.61 Å². The van der Waals surface area contributed by atoms with Gasteiger partial charge in [-0.15, -0.1) is 0 Å². The molecule has 2 heteroatoms. The number of nitrogens with zero attached hydrogens (tertiary/aromatic N) is 1. The number of hydrogen-bond donors (Lipinski definition) is 0. The molecular weight excluding hydrogens is 246 g/mol. The van der Waals surface area contributed by atoms with Crippen LogP contribution in [-0.2, 0) is 6.54 Å². The molecule has 0 amide bonds. The summed E-state index contributed by atoms with van der Waals surface area (Å²) in [6, 6.07) is 13.0. The molecule has 0 unspecified atom stereocenters. The van der Waals surface area contributed by atoms with Crippen LogP contribution in [0.1, 0.15) is 18.9 Å². The Bertz CT molecular complexity index is 841. The van der Waals surface area contributed by atoms with E-state index in [-0.39, 0.29) is 0 Å². The Morgan fingerprint density at radius 1 is 1.15 bits per heavy atom. The minimum absolute atomic E-state index is 0.613. The van der Waals surface area contributed by atoms with Crippen LogP contribution in [0.25, 0.3) is 27.4 Å². The van der Waals surface area contributed by atoms with Crippen molar-refractivity contribution in [3.63, 3.8) is 0 Å². The Morgan fingerprint density at radius 2 is 2.00 bits per heavy atom. The molecule has 0 atom stereocenters. The normalized spacial score (nSPS) is 13.9. The molecule has 1 aromatic heterocycles. The highest BCUT2D eigenvalue weighted by molar-refractivity contribution is 6.13. The lowest BCUT2D eigenvalue weighted by Crippen LogP contribution is -1.95. The Kier molecular flexibility index (Phi) is 2.40. The zero-order valence-corrected chi connectivity index (χ0v) is 11.6. The number of para-hydroxylation sites is 1. The molecule has 20 heavy (non-hydrogen) atoms. The first-order valence-electron chi connectivity index (χ1n) is 7.16. The molecule has 100 valence electrons. The van der Waals surface area contributed by atoms with E-state index in [0.717, 1.165) is 29.9 Å². The van der Waals surface area contributed by atoms with Crippen molar-refractivity contribution in [1.29, 1.82) is 0 Å². The van der Waals surface area contributed by atoms with Crippen molar-refractivity contribution in [2.45, 2.75) is 19.9 Å². The van der Waals surface area contributed by atoms with E-state index in [9.17, 15) is 0 Å². The van der Waals surface area contributed by atoms with E-state index in [2.05, 4.69) is 54.5 Å². The Hall–Kier alpha value is -2.22. The molecule has 0 radical (unpaired) electrons. The molecule has 0 saturated carbocycles. The number of hydrogen-bond acceptors (Lipinski definition) is 1. The minimum atomic E-state index is 0.613. The highest BCUT2D eigenvalue weighted by Crippen LogP contribution is 2.43. The third-order valence-electron chi connectivity index (χ3n) is 4.11. The van der Waals surface area contributed by atoms with Gasteiger partial charge in [0.25, 0.3) is 0 Å². The predicted molar refractivity (Wildman–Crippen MR) is 84.3 cm³/mol. The second-order valence-electron chi connectivity index (χ2n) is 5.40. The Balaban J connectivity index is 2.19. The lowest BCUT2D eigenvalue weighted by atomic mass is 10.0.